The quantitative estimate of drug-likeness (QED) is 0.864. The number of nitrogens with zero attached hydrogens (tertiary/aromatic N) is 4. The predicted molar refractivity (Wildman–Crippen MR) is 66.2 cm³/mol. The summed E-state index contributed by atoms with van der Waals surface area (Å²) in [6.45, 7) is 1.53. The van der Waals surface area contributed by atoms with Gasteiger partial charge in [0.2, 0.25) is 0 Å². The van der Waals surface area contributed by atoms with Gasteiger partial charge in [-0.25, -0.2) is 4.98 Å². The summed E-state index contributed by atoms with van der Waals surface area (Å²) in [5.41, 5.74) is 7.30. The number of aromatic nitrogens is 4. The molecule has 2 atom stereocenters. The number of hydrogen-bond acceptors (Lipinski definition) is 4. The maximum absolute atomic E-state index is 6.31. The van der Waals surface area contributed by atoms with E-state index in [4.69, 9.17) is 10.5 Å². The fraction of sp³-hybridized carbons (Fsp3) is 0.500. The molecule has 0 saturated carbocycles. The molecule has 2 aromatic rings. The van der Waals surface area contributed by atoms with Crippen LogP contribution in [0.15, 0.2) is 24.8 Å². The highest BCUT2D eigenvalue weighted by atomic mass is 16.5. The molecule has 6 heteroatoms. The topological polar surface area (TPSA) is 70.9 Å². The molecule has 0 spiro atoms. The van der Waals surface area contributed by atoms with E-state index >= 15 is 0 Å². The molecule has 0 aromatic carbocycles. The summed E-state index contributed by atoms with van der Waals surface area (Å²) in [7, 11) is 1.89. The molecule has 1 aliphatic rings. The molecule has 1 aliphatic heterocycles. The van der Waals surface area contributed by atoms with Crippen molar-refractivity contribution in [2.24, 2.45) is 18.7 Å². The van der Waals surface area contributed by atoms with Crippen LogP contribution in [0.2, 0.25) is 0 Å². The second kappa shape index (κ2) is 4.55. The molecule has 0 amide bonds. The number of hydrogen-bond donors (Lipinski definition) is 1. The molecule has 3 heterocycles. The Bertz CT molecular complexity index is 526. The smallest absolute Gasteiger partial charge is 0.160 e. The summed E-state index contributed by atoms with van der Waals surface area (Å²) >= 11 is 0. The van der Waals surface area contributed by atoms with Gasteiger partial charge in [0.15, 0.2) is 5.82 Å². The van der Waals surface area contributed by atoms with E-state index in [0.29, 0.717) is 5.92 Å². The largest absolute Gasteiger partial charge is 0.381 e. The normalized spacial score (nSPS) is 21.3. The number of aryl methyl sites for hydroxylation is 1. The van der Waals surface area contributed by atoms with Crippen molar-refractivity contribution in [3.05, 3.63) is 30.5 Å². The van der Waals surface area contributed by atoms with Gasteiger partial charge < -0.3 is 10.5 Å². The number of rotatable bonds is 3. The zero-order valence-electron chi connectivity index (χ0n) is 10.4. The van der Waals surface area contributed by atoms with Gasteiger partial charge in [-0.1, -0.05) is 0 Å². The number of ether oxygens (including phenoxy) is 1. The van der Waals surface area contributed by atoms with Crippen molar-refractivity contribution < 1.29 is 4.74 Å². The van der Waals surface area contributed by atoms with E-state index in [2.05, 4.69) is 10.1 Å². The van der Waals surface area contributed by atoms with E-state index in [1.54, 1.807) is 11.0 Å². The molecule has 2 aromatic heterocycles. The Labute approximate surface area is 105 Å². The van der Waals surface area contributed by atoms with Gasteiger partial charge in [0.1, 0.15) is 6.33 Å². The van der Waals surface area contributed by atoms with Crippen LogP contribution in [0.4, 0.5) is 0 Å². The molecule has 18 heavy (non-hydrogen) atoms. The third-order valence-corrected chi connectivity index (χ3v) is 3.43. The van der Waals surface area contributed by atoms with E-state index in [-0.39, 0.29) is 6.04 Å². The van der Waals surface area contributed by atoms with E-state index < -0.39 is 0 Å². The van der Waals surface area contributed by atoms with Gasteiger partial charge in [-0.15, -0.1) is 0 Å². The molecule has 1 saturated heterocycles. The zero-order chi connectivity index (χ0) is 12.5. The first-order valence-electron chi connectivity index (χ1n) is 6.11. The van der Waals surface area contributed by atoms with Crippen LogP contribution in [-0.4, -0.2) is 32.5 Å². The van der Waals surface area contributed by atoms with Gasteiger partial charge in [0, 0.05) is 31.8 Å². The molecular formula is C12H17N5O. The highest BCUT2D eigenvalue weighted by molar-refractivity contribution is 5.25. The first kappa shape index (κ1) is 11.4. The minimum atomic E-state index is -0.0583. The Hall–Kier alpha value is -1.66. The van der Waals surface area contributed by atoms with Crippen LogP contribution in [0, 0.1) is 5.92 Å². The van der Waals surface area contributed by atoms with Crippen molar-refractivity contribution >= 4 is 0 Å². The molecular weight excluding hydrogens is 230 g/mol. The SMILES string of the molecule is Cn1ccc(-n2cncc2C(N)C2CCOC2)n1. The maximum atomic E-state index is 6.31. The lowest BCUT2D eigenvalue weighted by Crippen LogP contribution is -2.24. The number of imidazole rings is 1. The Morgan fingerprint density at radius 3 is 3.11 bits per heavy atom. The lowest BCUT2D eigenvalue weighted by molar-refractivity contribution is 0.180. The van der Waals surface area contributed by atoms with Crippen LogP contribution in [0.1, 0.15) is 18.2 Å². The minimum Gasteiger partial charge on any atom is -0.381 e. The van der Waals surface area contributed by atoms with Crippen molar-refractivity contribution in [1.82, 2.24) is 19.3 Å². The monoisotopic (exact) mass is 247 g/mol. The molecule has 1 fully saturated rings. The fourth-order valence-electron chi connectivity index (χ4n) is 2.35. The van der Waals surface area contributed by atoms with Crippen LogP contribution in [0.25, 0.3) is 5.82 Å². The predicted octanol–water partition coefficient (Wildman–Crippen LogP) is 0.642. The van der Waals surface area contributed by atoms with Gasteiger partial charge in [0.25, 0.3) is 0 Å². The third kappa shape index (κ3) is 1.93. The lowest BCUT2D eigenvalue weighted by atomic mass is 9.97. The van der Waals surface area contributed by atoms with Gasteiger partial charge in [-0.05, 0) is 6.42 Å². The zero-order valence-corrected chi connectivity index (χ0v) is 10.4. The molecule has 0 radical (unpaired) electrons. The first-order valence-corrected chi connectivity index (χ1v) is 6.11. The summed E-state index contributed by atoms with van der Waals surface area (Å²) in [6, 6.07) is 1.89. The third-order valence-electron chi connectivity index (χ3n) is 3.43. The van der Waals surface area contributed by atoms with Crippen LogP contribution in [0.5, 0.6) is 0 Å². The Kier molecular flexibility index (Phi) is 2.89. The van der Waals surface area contributed by atoms with E-state index in [9.17, 15) is 0 Å². The van der Waals surface area contributed by atoms with Crippen LogP contribution < -0.4 is 5.73 Å². The van der Waals surface area contributed by atoms with Gasteiger partial charge in [0.05, 0.1) is 24.5 Å². The van der Waals surface area contributed by atoms with E-state index in [1.807, 2.05) is 30.1 Å². The van der Waals surface area contributed by atoms with Crippen molar-refractivity contribution in [1.29, 1.82) is 0 Å². The van der Waals surface area contributed by atoms with E-state index in [1.165, 1.54) is 0 Å². The van der Waals surface area contributed by atoms with Crippen molar-refractivity contribution in [3.8, 4) is 5.82 Å². The molecule has 0 aliphatic carbocycles. The molecule has 2 unspecified atom stereocenters. The van der Waals surface area contributed by atoms with Crippen molar-refractivity contribution in [2.75, 3.05) is 13.2 Å². The lowest BCUT2D eigenvalue weighted by Gasteiger charge is -2.18. The average molecular weight is 247 g/mol. The highest BCUT2D eigenvalue weighted by Gasteiger charge is 2.26. The second-order valence-electron chi connectivity index (χ2n) is 4.69. The maximum Gasteiger partial charge on any atom is 0.160 e. The van der Waals surface area contributed by atoms with Crippen LogP contribution in [-0.2, 0) is 11.8 Å². The average Bonchev–Trinajstić information content (AvgIpc) is 3.09. The molecule has 2 N–H and O–H groups in total. The van der Waals surface area contributed by atoms with E-state index in [0.717, 1.165) is 31.1 Å². The van der Waals surface area contributed by atoms with Gasteiger partial charge >= 0.3 is 0 Å². The first-order chi connectivity index (χ1) is 8.75. The number of nitrogens with two attached hydrogens (primary N) is 1. The molecule has 6 nitrogen and oxygen atoms in total. The fourth-order valence-corrected chi connectivity index (χ4v) is 2.35. The second-order valence-corrected chi connectivity index (χ2v) is 4.69. The Morgan fingerprint density at radius 1 is 1.56 bits per heavy atom. The van der Waals surface area contributed by atoms with Crippen LogP contribution in [0.3, 0.4) is 0 Å². The Morgan fingerprint density at radius 2 is 2.44 bits per heavy atom. The molecule has 0 bridgehead atoms. The summed E-state index contributed by atoms with van der Waals surface area (Å²) < 4.78 is 9.11. The van der Waals surface area contributed by atoms with Gasteiger partial charge in [-0.3, -0.25) is 9.25 Å². The molecule has 3 rings (SSSR count). The van der Waals surface area contributed by atoms with Crippen molar-refractivity contribution in [3.63, 3.8) is 0 Å². The highest BCUT2D eigenvalue weighted by Crippen LogP contribution is 2.27. The molecule has 96 valence electrons. The minimum absolute atomic E-state index is 0.0583. The summed E-state index contributed by atoms with van der Waals surface area (Å²) in [5, 5.41) is 4.38. The Balaban J connectivity index is 1.91. The summed E-state index contributed by atoms with van der Waals surface area (Å²) in [6.07, 6.45) is 6.49. The van der Waals surface area contributed by atoms with Gasteiger partial charge in [-0.2, -0.15) is 5.10 Å². The summed E-state index contributed by atoms with van der Waals surface area (Å²) in [5.74, 6) is 1.21. The standard InChI is InChI=1S/C12H17N5O/c1-16-4-2-11(15-16)17-8-14-6-10(17)12(13)9-3-5-18-7-9/h2,4,6,8-9,12H,3,5,7,13H2,1H3. The van der Waals surface area contributed by atoms with Crippen LogP contribution >= 0.6 is 0 Å². The van der Waals surface area contributed by atoms with Crippen molar-refractivity contribution in [2.45, 2.75) is 12.5 Å². The summed E-state index contributed by atoms with van der Waals surface area (Å²) in [4.78, 5) is 4.19.